The highest BCUT2D eigenvalue weighted by molar-refractivity contribution is 5.58. The van der Waals surface area contributed by atoms with Crippen LogP contribution < -0.4 is 11.2 Å². The van der Waals surface area contributed by atoms with Crippen molar-refractivity contribution in [1.82, 2.24) is 9.55 Å². The molecule has 2 saturated heterocycles. The van der Waals surface area contributed by atoms with Crippen LogP contribution in [0.15, 0.2) is 15.7 Å². The summed E-state index contributed by atoms with van der Waals surface area (Å²) in [5.41, 5.74) is -1.39. The van der Waals surface area contributed by atoms with E-state index < -0.39 is 48.9 Å². The molecule has 0 amide bonds. The van der Waals surface area contributed by atoms with Crippen LogP contribution in [-0.2, 0) is 30.3 Å². The van der Waals surface area contributed by atoms with Crippen LogP contribution in [-0.4, -0.2) is 52.8 Å². The second-order valence-corrected chi connectivity index (χ2v) is 4.81. The van der Waals surface area contributed by atoms with E-state index in [2.05, 4.69) is 4.98 Å². The highest BCUT2D eigenvalue weighted by atomic mass is 16.9. The average Bonchev–Trinajstić information content (AvgIpc) is 3.05. The van der Waals surface area contributed by atoms with Gasteiger partial charge in [0.25, 0.3) is 12.0 Å². The van der Waals surface area contributed by atoms with Crippen molar-refractivity contribution >= 4 is 6.29 Å². The van der Waals surface area contributed by atoms with Gasteiger partial charge < -0.3 is 28.8 Å². The maximum Gasteiger partial charge on any atom is 0.330 e. The Morgan fingerprint density at radius 3 is 2.73 bits per heavy atom. The van der Waals surface area contributed by atoms with Crippen molar-refractivity contribution in [1.29, 1.82) is 0 Å². The number of nitrogens with one attached hydrogen (secondary N) is 1. The summed E-state index contributed by atoms with van der Waals surface area (Å²) in [7, 11) is 1.36. The van der Waals surface area contributed by atoms with Gasteiger partial charge in [0.05, 0.1) is 12.3 Å². The molecule has 2 aliphatic rings. The highest BCUT2D eigenvalue weighted by Crippen LogP contribution is 2.38. The van der Waals surface area contributed by atoms with E-state index in [1.807, 2.05) is 0 Å². The highest BCUT2D eigenvalue weighted by Gasteiger charge is 2.54. The Labute approximate surface area is 123 Å². The quantitative estimate of drug-likeness (QED) is 0.601. The minimum atomic E-state index is -1.04. The van der Waals surface area contributed by atoms with Crippen molar-refractivity contribution in [2.75, 3.05) is 7.11 Å². The van der Waals surface area contributed by atoms with E-state index >= 15 is 0 Å². The molecule has 0 radical (unpaired) electrons. The Hall–Kier alpha value is -1.85. The molecule has 22 heavy (non-hydrogen) atoms. The minimum Gasteiger partial charge on any atom is -0.390 e. The number of H-pyrrole nitrogens is 1. The molecular formula is C12H14N2O8. The Morgan fingerprint density at radius 1 is 1.36 bits per heavy atom. The summed E-state index contributed by atoms with van der Waals surface area (Å²) >= 11 is 0. The monoisotopic (exact) mass is 314 g/mol. The van der Waals surface area contributed by atoms with Crippen molar-refractivity contribution < 1.29 is 28.8 Å². The number of methoxy groups -OCH3 is 1. The molecule has 2 fully saturated rings. The lowest BCUT2D eigenvalue weighted by atomic mass is 10.1. The van der Waals surface area contributed by atoms with E-state index in [1.54, 1.807) is 0 Å². The summed E-state index contributed by atoms with van der Waals surface area (Å²) in [5, 5.41) is 9.36. The number of nitrogens with zero attached hydrogens (tertiary/aromatic N) is 1. The van der Waals surface area contributed by atoms with Crippen LogP contribution in [0.3, 0.4) is 0 Å². The van der Waals surface area contributed by atoms with Gasteiger partial charge in [0.15, 0.2) is 12.5 Å². The Kier molecular flexibility index (Phi) is 3.93. The number of aromatic nitrogens is 2. The molecule has 0 spiro atoms. The lowest BCUT2D eigenvalue weighted by Gasteiger charge is -2.21. The van der Waals surface area contributed by atoms with Crippen molar-refractivity contribution in [3.05, 3.63) is 32.6 Å². The fourth-order valence-electron chi connectivity index (χ4n) is 2.64. The number of aromatic amines is 1. The summed E-state index contributed by atoms with van der Waals surface area (Å²) in [6.07, 6.45) is -3.01. The van der Waals surface area contributed by atoms with Gasteiger partial charge in [-0.25, -0.2) is 4.79 Å². The number of fused-ring (bicyclic) bond motifs is 1. The summed E-state index contributed by atoms with van der Waals surface area (Å²) in [6, 6.07) is 1.07. The van der Waals surface area contributed by atoms with Crippen molar-refractivity contribution in [2.24, 2.45) is 0 Å². The van der Waals surface area contributed by atoms with Crippen LogP contribution in [0.25, 0.3) is 0 Å². The molecule has 0 saturated carbocycles. The smallest absolute Gasteiger partial charge is 0.330 e. The van der Waals surface area contributed by atoms with Gasteiger partial charge in [-0.05, 0) is 0 Å². The van der Waals surface area contributed by atoms with Crippen LogP contribution in [0.4, 0.5) is 0 Å². The average molecular weight is 314 g/mol. The predicted octanol–water partition coefficient (Wildman–Crippen LogP) is -2.16. The Balaban J connectivity index is 2.03. The van der Waals surface area contributed by atoms with E-state index in [-0.39, 0.29) is 5.69 Å². The van der Waals surface area contributed by atoms with Gasteiger partial charge in [-0.2, -0.15) is 0 Å². The van der Waals surface area contributed by atoms with Gasteiger partial charge in [-0.3, -0.25) is 14.3 Å². The molecule has 0 bridgehead atoms. The van der Waals surface area contributed by atoms with Gasteiger partial charge in [0.1, 0.15) is 18.3 Å². The predicted molar refractivity (Wildman–Crippen MR) is 67.8 cm³/mol. The molecule has 10 heteroatoms. The van der Waals surface area contributed by atoms with E-state index in [9.17, 15) is 19.5 Å². The zero-order valence-electron chi connectivity index (χ0n) is 11.5. The van der Waals surface area contributed by atoms with Gasteiger partial charge in [-0.15, -0.1) is 0 Å². The molecule has 1 unspecified atom stereocenters. The number of ether oxygens (including phenoxy) is 4. The summed E-state index contributed by atoms with van der Waals surface area (Å²) < 4.78 is 22.3. The number of rotatable bonds is 4. The fourth-order valence-corrected chi connectivity index (χ4v) is 2.64. The van der Waals surface area contributed by atoms with Crippen LogP contribution in [0.1, 0.15) is 11.9 Å². The summed E-state index contributed by atoms with van der Waals surface area (Å²) in [4.78, 5) is 36.6. The fraction of sp³-hybridized carbons (Fsp3) is 0.583. The molecule has 120 valence electrons. The van der Waals surface area contributed by atoms with Gasteiger partial charge in [0, 0.05) is 13.2 Å². The number of hydrogen-bond donors (Lipinski definition) is 2. The van der Waals surface area contributed by atoms with Crippen LogP contribution in [0.5, 0.6) is 0 Å². The number of carbonyl (C=O) groups is 1. The maximum atomic E-state index is 12.0. The van der Waals surface area contributed by atoms with Gasteiger partial charge in [-0.1, -0.05) is 0 Å². The summed E-state index contributed by atoms with van der Waals surface area (Å²) in [5.74, 6) is 0. The van der Waals surface area contributed by atoms with Crippen molar-refractivity contribution in [3.8, 4) is 0 Å². The normalized spacial score (nSPS) is 33.8. The topological polar surface area (TPSA) is 129 Å². The summed E-state index contributed by atoms with van der Waals surface area (Å²) in [6.45, 7) is -1.55. The lowest BCUT2D eigenvalue weighted by molar-refractivity contribution is -0.253. The molecule has 2 N–H and O–H groups in total. The SMILES string of the molecule is COC1O[C@@H]2[C@H](O1)[C@@H](C=O)O[C@H]2n1c(CO)cc(=O)[nH]c1=O. The standard InChI is InChI=1S/C12H14N2O8/c1-19-12-21-8-6(4-16)20-10(9(8)22-12)14-5(3-15)2-7(17)13-11(14)18/h2,4,6,8-10,12,15H,3H2,1H3,(H,13,17,18)/t6-,8-,9-,10-,12?/m1/s1. The first kappa shape index (κ1) is 15.1. The number of aldehydes is 1. The van der Waals surface area contributed by atoms with E-state index in [0.717, 1.165) is 10.6 Å². The first-order valence-corrected chi connectivity index (χ1v) is 6.49. The maximum absolute atomic E-state index is 12.0. The number of aliphatic hydroxyl groups is 1. The number of hydrogen-bond acceptors (Lipinski definition) is 8. The van der Waals surface area contributed by atoms with Crippen LogP contribution >= 0.6 is 0 Å². The Morgan fingerprint density at radius 2 is 2.09 bits per heavy atom. The van der Waals surface area contributed by atoms with Crippen LogP contribution in [0, 0.1) is 0 Å². The van der Waals surface area contributed by atoms with Crippen molar-refractivity contribution in [3.63, 3.8) is 0 Å². The van der Waals surface area contributed by atoms with Crippen molar-refractivity contribution in [2.45, 2.75) is 37.6 Å². The van der Waals surface area contributed by atoms with E-state index in [0.29, 0.717) is 6.29 Å². The van der Waals surface area contributed by atoms with E-state index in [1.165, 1.54) is 7.11 Å². The second kappa shape index (κ2) is 5.74. The third-order valence-electron chi connectivity index (χ3n) is 3.56. The number of aliphatic hydroxyl groups excluding tert-OH is 1. The minimum absolute atomic E-state index is 0.0357. The molecule has 0 aliphatic carbocycles. The molecule has 10 nitrogen and oxygen atoms in total. The zero-order chi connectivity index (χ0) is 15.9. The van der Waals surface area contributed by atoms with Crippen LogP contribution in [0.2, 0.25) is 0 Å². The first-order valence-electron chi connectivity index (χ1n) is 6.49. The largest absolute Gasteiger partial charge is 0.390 e. The second-order valence-electron chi connectivity index (χ2n) is 4.81. The van der Waals surface area contributed by atoms with E-state index in [4.69, 9.17) is 18.9 Å². The number of carbonyl (C=O) groups excluding carboxylic acids is 1. The van der Waals surface area contributed by atoms with Gasteiger partial charge >= 0.3 is 5.69 Å². The van der Waals surface area contributed by atoms with Gasteiger partial charge in [0.2, 0.25) is 0 Å². The molecule has 5 atom stereocenters. The third kappa shape index (κ3) is 2.30. The molecule has 3 rings (SSSR count). The molecule has 1 aromatic rings. The molecule has 2 aliphatic heterocycles. The molecule has 3 heterocycles. The molecule has 0 aromatic carbocycles. The zero-order valence-corrected chi connectivity index (χ0v) is 11.5. The first-order chi connectivity index (χ1) is 10.6. The lowest BCUT2D eigenvalue weighted by Crippen LogP contribution is -2.39. The Bertz CT molecular complexity index is 682. The third-order valence-corrected chi connectivity index (χ3v) is 3.56. The molecule has 1 aromatic heterocycles. The molecular weight excluding hydrogens is 300 g/mol.